The van der Waals surface area contributed by atoms with E-state index in [9.17, 15) is 9.59 Å². The molecule has 2 aromatic heterocycles. The predicted octanol–water partition coefficient (Wildman–Crippen LogP) is 2.87. The smallest absolute Gasteiger partial charge is 0.257 e. The van der Waals surface area contributed by atoms with E-state index in [1.54, 1.807) is 10.9 Å². The van der Waals surface area contributed by atoms with Gasteiger partial charge in [0.05, 0.1) is 28.6 Å². The van der Waals surface area contributed by atoms with Gasteiger partial charge in [-0.2, -0.15) is 5.10 Å². The molecule has 4 heterocycles. The number of aromatic nitrogens is 4. The number of fused-ring (bicyclic) bond motifs is 1. The molecular weight excluding hydrogens is 404 g/mol. The molecule has 0 radical (unpaired) electrons. The van der Waals surface area contributed by atoms with Crippen LogP contribution in [0.5, 0.6) is 0 Å². The lowest BCUT2D eigenvalue weighted by Gasteiger charge is -2.38. The molecule has 1 saturated carbocycles. The highest BCUT2D eigenvalue weighted by molar-refractivity contribution is 5.95. The number of nitrogens with one attached hydrogen (secondary N) is 1. The van der Waals surface area contributed by atoms with E-state index in [1.165, 1.54) is 32.1 Å². The summed E-state index contributed by atoms with van der Waals surface area (Å²) in [6.45, 7) is 4.21. The standard InChI is InChI=1S/C24H34N6O2/c1-16-18(14-28(2)27-16)24(32)30-12-7-6-10-21(30)22-25-20-11-13-29(15-19(20)23(31)26-22)17-8-4-3-5-9-17/h14,17,21H,3-13,15H2,1-2H3,(H,25,26,31)/t21-/m1/s1. The first kappa shape index (κ1) is 21.4. The van der Waals surface area contributed by atoms with Gasteiger partial charge >= 0.3 is 0 Å². The summed E-state index contributed by atoms with van der Waals surface area (Å²) in [6.07, 6.45) is 11.8. The highest BCUT2D eigenvalue weighted by Gasteiger charge is 2.34. The number of aryl methyl sites for hydroxylation is 2. The molecule has 1 N–H and O–H groups in total. The van der Waals surface area contributed by atoms with E-state index in [1.807, 2.05) is 18.9 Å². The topological polar surface area (TPSA) is 87.1 Å². The van der Waals surface area contributed by atoms with Crippen molar-refractivity contribution in [2.75, 3.05) is 13.1 Å². The molecule has 172 valence electrons. The number of piperidine rings is 1. The molecule has 0 spiro atoms. The second-order valence-electron chi connectivity index (χ2n) is 9.70. The maximum atomic E-state index is 13.4. The van der Waals surface area contributed by atoms with Gasteiger partial charge in [0.15, 0.2) is 0 Å². The van der Waals surface area contributed by atoms with Crippen molar-refractivity contribution in [1.29, 1.82) is 0 Å². The molecular formula is C24H34N6O2. The van der Waals surface area contributed by atoms with Crippen molar-refractivity contribution in [3.05, 3.63) is 44.9 Å². The first-order chi connectivity index (χ1) is 15.5. The number of hydrogen-bond acceptors (Lipinski definition) is 5. The molecule has 1 amide bonds. The summed E-state index contributed by atoms with van der Waals surface area (Å²) in [4.78, 5) is 38.9. The molecule has 2 aromatic rings. The zero-order valence-corrected chi connectivity index (χ0v) is 19.3. The maximum Gasteiger partial charge on any atom is 0.257 e. The van der Waals surface area contributed by atoms with Gasteiger partial charge in [-0.25, -0.2) is 4.98 Å². The van der Waals surface area contributed by atoms with Gasteiger partial charge in [-0.3, -0.25) is 19.2 Å². The number of amides is 1. The van der Waals surface area contributed by atoms with Gasteiger partial charge < -0.3 is 9.88 Å². The zero-order chi connectivity index (χ0) is 22.2. The third-order valence-electron chi connectivity index (χ3n) is 7.53. The lowest BCUT2D eigenvalue weighted by molar-refractivity contribution is 0.0597. The molecule has 1 atom stereocenters. The minimum absolute atomic E-state index is 0.0239. The number of H-pyrrole nitrogens is 1. The van der Waals surface area contributed by atoms with Crippen molar-refractivity contribution in [2.24, 2.45) is 7.05 Å². The Labute approximate surface area is 189 Å². The number of nitrogens with zero attached hydrogens (tertiary/aromatic N) is 5. The van der Waals surface area contributed by atoms with Crippen LogP contribution in [0.1, 0.15) is 90.5 Å². The molecule has 2 aliphatic heterocycles. The van der Waals surface area contributed by atoms with Crippen LogP contribution in [0.15, 0.2) is 11.0 Å². The second-order valence-corrected chi connectivity index (χ2v) is 9.70. The first-order valence-electron chi connectivity index (χ1n) is 12.2. The SMILES string of the molecule is Cc1nn(C)cc1C(=O)N1CCCC[C@@H]1c1nc2c(c(=O)[nH]1)CN(C1CCCCC1)CC2. The summed E-state index contributed by atoms with van der Waals surface area (Å²) in [6, 6.07) is 0.412. The van der Waals surface area contributed by atoms with Crippen molar-refractivity contribution in [2.45, 2.75) is 83.3 Å². The fraction of sp³-hybridized carbons (Fsp3) is 0.667. The first-order valence-corrected chi connectivity index (χ1v) is 12.2. The fourth-order valence-electron chi connectivity index (χ4n) is 5.80. The fourth-order valence-corrected chi connectivity index (χ4v) is 5.80. The Balaban J connectivity index is 1.40. The summed E-state index contributed by atoms with van der Waals surface area (Å²) in [5.41, 5.74) is 3.08. The quantitative estimate of drug-likeness (QED) is 0.796. The van der Waals surface area contributed by atoms with Gasteiger partial charge in [-0.05, 0) is 39.0 Å². The summed E-state index contributed by atoms with van der Waals surface area (Å²) in [5.74, 6) is 0.624. The summed E-state index contributed by atoms with van der Waals surface area (Å²) in [7, 11) is 1.83. The molecule has 0 aromatic carbocycles. The molecule has 0 bridgehead atoms. The van der Waals surface area contributed by atoms with Gasteiger partial charge in [0.1, 0.15) is 5.82 Å². The Hall–Kier alpha value is -2.48. The van der Waals surface area contributed by atoms with E-state index in [-0.39, 0.29) is 17.5 Å². The molecule has 8 nitrogen and oxygen atoms in total. The van der Waals surface area contributed by atoms with Crippen LogP contribution in [0, 0.1) is 6.92 Å². The van der Waals surface area contributed by atoms with Crippen LogP contribution >= 0.6 is 0 Å². The Bertz CT molecular complexity index is 1050. The van der Waals surface area contributed by atoms with Gasteiger partial charge in [-0.1, -0.05) is 19.3 Å². The van der Waals surface area contributed by atoms with E-state index >= 15 is 0 Å². The van der Waals surface area contributed by atoms with Crippen LogP contribution in [0.3, 0.4) is 0 Å². The van der Waals surface area contributed by atoms with Gasteiger partial charge in [0, 0.05) is 45.3 Å². The third kappa shape index (κ3) is 4.00. The van der Waals surface area contributed by atoms with E-state index in [0.29, 0.717) is 30.5 Å². The van der Waals surface area contributed by atoms with Crippen molar-refractivity contribution in [1.82, 2.24) is 29.5 Å². The number of aromatic amines is 1. The van der Waals surface area contributed by atoms with Crippen LogP contribution in [-0.2, 0) is 20.0 Å². The summed E-state index contributed by atoms with van der Waals surface area (Å²) >= 11 is 0. The Kier molecular flexibility index (Phi) is 5.88. The third-order valence-corrected chi connectivity index (χ3v) is 7.53. The summed E-state index contributed by atoms with van der Waals surface area (Å²) < 4.78 is 1.68. The molecule has 5 rings (SSSR count). The van der Waals surface area contributed by atoms with Gasteiger partial charge in [0.2, 0.25) is 0 Å². The van der Waals surface area contributed by atoms with E-state index in [4.69, 9.17) is 4.98 Å². The molecule has 3 aliphatic rings. The van der Waals surface area contributed by atoms with E-state index in [0.717, 1.165) is 49.2 Å². The molecule has 2 fully saturated rings. The Morgan fingerprint density at radius 2 is 1.88 bits per heavy atom. The van der Waals surface area contributed by atoms with Crippen molar-refractivity contribution >= 4 is 5.91 Å². The number of likely N-dealkylation sites (tertiary alicyclic amines) is 1. The number of hydrogen-bond donors (Lipinski definition) is 1. The van der Waals surface area contributed by atoms with Crippen LogP contribution in [0.2, 0.25) is 0 Å². The van der Waals surface area contributed by atoms with Crippen LogP contribution < -0.4 is 5.56 Å². The molecule has 8 heteroatoms. The average molecular weight is 439 g/mol. The second kappa shape index (κ2) is 8.81. The van der Waals surface area contributed by atoms with Crippen LogP contribution in [0.25, 0.3) is 0 Å². The minimum Gasteiger partial charge on any atom is -0.328 e. The van der Waals surface area contributed by atoms with Crippen molar-refractivity contribution in [3.8, 4) is 0 Å². The number of carbonyl (C=O) groups excluding carboxylic acids is 1. The average Bonchev–Trinajstić information content (AvgIpc) is 3.16. The monoisotopic (exact) mass is 438 g/mol. The highest BCUT2D eigenvalue weighted by atomic mass is 16.2. The van der Waals surface area contributed by atoms with E-state index < -0.39 is 0 Å². The molecule has 1 aliphatic carbocycles. The maximum absolute atomic E-state index is 13.4. The lowest BCUT2D eigenvalue weighted by Crippen LogP contribution is -2.44. The highest BCUT2D eigenvalue weighted by Crippen LogP contribution is 2.32. The zero-order valence-electron chi connectivity index (χ0n) is 19.3. The van der Waals surface area contributed by atoms with Gasteiger partial charge in [0.25, 0.3) is 11.5 Å². The van der Waals surface area contributed by atoms with Crippen LogP contribution in [-0.4, -0.2) is 54.6 Å². The lowest BCUT2D eigenvalue weighted by atomic mass is 9.92. The van der Waals surface area contributed by atoms with Crippen molar-refractivity contribution < 1.29 is 4.79 Å². The van der Waals surface area contributed by atoms with Crippen LogP contribution in [0.4, 0.5) is 0 Å². The van der Waals surface area contributed by atoms with E-state index in [2.05, 4.69) is 15.0 Å². The normalized spacial score (nSPS) is 22.7. The Morgan fingerprint density at radius 3 is 2.62 bits per heavy atom. The largest absolute Gasteiger partial charge is 0.328 e. The van der Waals surface area contributed by atoms with Crippen molar-refractivity contribution in [3.63, 3.8) is 0 Å². The number of rotatable bonds is 3. The molecule has 0 unspecified atom stereocenters. The number of carbonyl (C=O) groups is 1. The van der Waals surface area contributed by atoms with Gasteiger partial charge in [-0.15, -0.1) is 0 Å². The molecule has 32 heavy (non-hydrogen) atoms. The molecule has 1 saturated heterocycles. The Morgan fingerprint density at radius 1 is 1.09 bits per heavy atom. The minimum atomic E-state index is -0.190. The predicted molar refractivity (Wildman–Crippen MR) is 121 cm³/mol. The summed E-state index contributed by atoms with van der Waals surface area (Å²) in [5, 5.41) is 4.33.